The summed E-state index contributed by atoms with van der Waals surface area (Å²) in [4.78, 5) is 0. The SMILES string of the molecule is [CH2]C(CCCCC)(CCCCC)CCCCC. The van der Waals surface area contributed by atoms with Crippen LogP contribution in [0.5, 0.6) is 0 Å². The van der Waals surface area contributed by atoms with Crippen molar-refractivity contribution in [3.63, 3.8) is 0 Å². The van der Waals surface area contributed by atoms with E-state index in [2.05, 4.69) is 27.7 Å². The van der Waals surface area contributed by atoms with E-state index in [1.807, 2.05) is 0 Å². The minimum Gasteiger partial charge on any atom is -0.0654 e. The maximum atomic E-state index is 4.58. The first kappa shape index (κ1) is 17.0. The van der Waals surface area contributed by atoms with Crippen LogP contribution in [0, 0.1) is 12.3 Å². The van der Waals surface area contributed by atoms with Crippen LogP contribution in [0.25, 0.3) is 0 Å². The first-order chi connectivity index (χ1) is 8.18. The molecule has 0 bridgehead atoms. The highest BCUT2D eigenvalue weighted by Crippen LogP contribution is 2.36. The summed E-state index contributed by atoms with van der Waals surface area (Å²) in [5.74, 6) is 0. The van der Waals surface area contributed by atoms with Gasteiger partial charge in [-0.05, 0) is 31.6 Å². The van der Waals surface area contributed by atoms with Gasteiger partial charge in [-0.1, -0.05) is 78.6 Å². The van der Waals surface area contributed by atoms with E-state index in [1.165, 1.54) is 77.0 Å². The Labute approximate surface area is 111 Å². The molecule has 0 aliphatic rings. The third kappa shape index (κ3) is 9.68. The highest BCUT2D eigenvalue weighted by atomic mass is 14.3. The fourth-order valence-corrected chi connectivity index (χ4v) is 2.62. The Morgan fingerprint density at radius 1 is 0.588 bits per heavy atom. The monoisotopic (exact) mass is 239 g/mol. The standard InChI is InChI=1S/C17H35/c1-5-8-11-14-17(4,15-12-9-6-2)16-13-10-7-3/h4-16H2,1-3H3. The van der Waals surface area contributed by atoms with Crippen LogP contribution in [0.4, 0.5) is 0 Å². The molecule has 0 heterocycles. The Morgan fingerprint density at radius 2 is 0.882 bits per heavy atom. The predicted octanol–water partition coefficient (Wildman–Crippen LogP) is 6.55. The van der Waals surface area contributed by atoms with Crippen molar-refractivity contribution in [1.82, 2.24) is 0 Å². The zero-order valence-corrected chi connectivity index (χ0v) is 12.7. The molecule has 0 atom stereocenters. The van der Waals surface area contributed by atoms with Gasteiger partial charge in [-0.25, -0.2) is 0 Å². The number of hydrogen-bond donors (Lipinski definition) is 0. The Bertz CT molecular complexity index is 122. The molecule has 103 valence electrons. The molecule has 17 heavy (non-hydrogen) atoms. The molecule has 0 N–H and O–H groups in total. The second kappa shape index (κ2) is 11.1. The van der Waals surface area contributed by atoms with E-state index in [0.717, 1.165) is 0 Å². The molecule has 0 aliphatic heterocycles. The van der Waals surface area contributed by atoms with Gasteiger partial charge in [0.2, 0.25) is 0 Å². The van der Waals surface area contributed by atoms with Crippen molar-refractivity contribution in [2.45, 2.75) is 97.8 Å². The lowest BCUT2D eigenvalue weighted by molar-refractivity contribution is 0.263. The number of hydrogen-bond acceptors (Lipinski definition) is 0. The summed E-state index contributed by atoms with van der Waals surface area (Å²) in [7, 11) is 0. The molecule has 0 amide bonds. The Morgan fingerprint density at radius 3 is 1.12 bits per heavy atom. The minimum absolute atomic E-state index is 0.402. The van der Waals surface area contributed by atoms with Gasteiger partial charge in [0.15, 0.2) is 0 Å². The minimum atomic E-state index is 0.402. The lowest BCUT2D eigenvalue weighted by Crippen LogP contribution is -2.17. The molecule has 0 heteroatoms. The van der Waals surface area contributed by atoms with E-state index in [-0.39, 0.29) is 0 Å². The summed E-state index contributed by atoms with van der Waals surface area (Å²) < 4.78 is 0. The number of unbranched alkanes of at least 4 members (excludes halogenated alkanes) is 6. The largest absolute Gasteiger partial charge is 0.0654 e. The molecular formula is C17H35. The number of rotatable bonds is 12. The Kier molecular flexibility index (Phi) is 11.1. The second-order valence-electron chi connectivity index (χ2n) is 5.87. The Hall–Kier alpha value is 0. The van der Waals surface area contributed by atoms with Gasteiger partial charge in [-0.3, -0.25) is 0 Å². The van der Waals surface area contributed by atoms with Crippen LogP contribution < -0.4 is 0 Å². The molecule has 0 aromatic rings. The first-order valence-electron chi connectivity index (χ1n) is 8.04. The second-order valence-corrected chi connectivity index (χ2v) is 5.87. The van der Waals surface area contributed by atoms with E-state index in [1.54, 1.807) is 0 Å². The molecule has 0 saturated heterocycles. The smallest absolute Gasteiger partial charge is 0.0297 e. The van der Waals surface area contributed by atoms with Gasteiger partial charge in [0.1, 0.15) is 0 Å². The van der Waals surface area contributed by atoms with Gasteiger partial charge in [0.05, 0.1) is 0 Å². The van der Waals surface area contributed by atoms with Crippen LogP contribution in [0.3, 0.4) is 0 Å². The predicted molar refractivity (Wildman–Crippen MR) is 80.2 cm³/mol. The van der Waals surface area contributed by atoms with Gasteiger partial charge < -0.3 is 0 Å². The molecule has 1 radical (unpaired) electrons. The highest BCUT2D eigenvalue weighted by Gasteiger charge is 2.22. The van der Waals surface area contributed by atoms with Crippen LogP contribution in [-0.2, 0) is 0 Å². The molecule has 0 aromatic heterocycles. The molecule has 0 rings (SSSR count). The highest BCUT2D eigenvalue weighted by molar-refractivity contribution is 4.81. The molecule has 0 spiro atoms. The van der Waals surface area contributed by atoms with Crippen molar-refractivity contribution in [3.8, 4) is 0 Å². The zero-order chi connectivity index (χ0) is 13.0. The molecule has 0 fully saturated rings. The van der Waals surface area contributed by atoms with Crippen molar-refractivity contribution in [2.24, 2.45) is 5.41 Å². The average molecular weight is 239 g/mol. The normalized spacial score (nSPS) is 12.0. The fourth-order valence-electron chi connectivity index (χ4n) is 2.62. The average Bonchev–Trinajstić information content (AvgIpc) is 2.30. The van der Waals surface area contributed by atoms with E-state index in [0.29, 0.717) is 5.41 Å². The molecule has 0 aliphatic carbocycles. The van der Waals surface area contributed by atoms with Crippen molar-refractivity contribution in [1.29, 1.82) is 0 Å². The van der Waals surface area contributed by atoms with Crippen LogP contribution in [-0.4, -0.2) is 0 Å². The van der Waals surface area contributed by atoms with E-state index >= 15 is 0 Å². The molecule has 0 saturated carbocycles. The summed E-state index contributed by atoms with van der Waals surface area (Å²) in [5, 5.41) is 0. The third-order valence-electron chi connectivity index (χ3n) is 3.93. The van der Waals surface area contributed by atoms with Crippen LogP contribution in [0.2, 0.25) is 0 Å². The first-order valence-corrected chi connectivity index (χ1v) is 8.04. The van der Waals surface area contributed by atoms with Crippen molar-refractivity contribution < 1.29 is 0 Å². The maximum Gasteiger partial charge on any atom is -0.0297 e. The van der Waals surface area contributed by atoms with E-state index in [9.17, 15) is 0 Å². The summed E-state index contributed by atoms with van der Waals surface area (Å²) in [6.07, 6.45) is 16.4. The van der Waals surface area contributed by atoms with Crippen LogP contribution in [0.1, 0.15) is 97.8 Å². The molecule has 0 nitrogen and oxygen atoms in total. The van der Waals surface area contributed by atoms with Crippen molar-refractivity contribution >= 4 is 0 Å². The van der Waals surface area contributed by atoms with Crippen LogP contribution >= 0.6 is 0 Å². The quantitative estimate of drug-likeness (QED) is 0.339. The summed E-state index contributed by atoms with van der Waals surface area (Å²) in [6, 6.07) is 0. The maximum absolute atomic E-state index is 4.58. The van der Waals surface area contributed by atoms with Crippen LogP contribution in [0.15, 0.2) is 0 Å². The summed E-state index contributed by atoms with van der Waals surface area (Å²) in [5.41, 5.74) is 0.402. The van der Waals surface area contributed by atoms with Gasteiger partial charge in [-0.15, -0.1) is 0 Å². The van der Waals surface area contributed by atoms with Gasteiger partial charge in [-0.2, -0.15) is 0 Å². The Balaban J connectivity index is 3.95. The third-order valence-corrected chi connectivity index (χ3v) is 3.93. The van der Waals surface area contributed by atoms with E-state index in [4.69, 9.17) is 0 Å². The van der Waals surface area contributed by atoms with Gasteiger partial charge >= 0.3 is 0 Å². The van der Waals surface area contributed by atoms with Crippen molar-refractivity contribution in [3.05, 3.63) is 6.92 Å². The summed E-state index contributed by atoms with van der Waals surface area (Å²) in [6.45, 7) is 11.5. The van der Waals surface area contributed by atoms with Gasteiger partial charge in [0, 0.05) is 0 Å². The molecule has 0 unspecified atom stereocenters. The molecule has 0 aromatic carbocycles. The lowest BCUT2D eigenvalue weighted by Gasteiger charge is -2.30. The van der Waals surface area contributed by atoms with Crippen molar-refractivity contribution in [2.75, 3.05) is 0 Å². The van der Waals surface area contributed by atoms with E-state index < -0.39 is 0 Å². The summed E-state index contributed by atoms with van der Waals surface area (Å²) >= 11 is 0. The zero-order valence-electron chi connectivity index (χ0n) is 12.7. The lowest BCUT2D eigenvalue weighted by atomic mass is 9.76. The molecular weight excluding hydrogens is 204 g/mol. The fraction of sp³-hybridized carbons (Fsp3) is 0.941. The van der Waals surface area contributed by atoms with Gasteiger partial charge in [0.25, 0.3) is 0 Å². The topological polar surface area (TPSA) is 0 Å².